The largest absolute Gasteiger partial charge is 0.271 e. The third-order valence-corrected chi connectivity index (χ3v) is 3.60. The van der Waals surface area contributed by atoms with Crippen LogP contribution in [0.15, 0.2) is 54.9 Å². The fourth-order valence-electron chi connectivity index (χ4n) is 2.40. The number of rotatable bonds is 3. The van der Waals surface area contributed by atoms with Crippen LogP contribution in [0.1, 0.15) is 32.1 Å². The Labute approximate surface area is 144 Å². The average molecular weight is 335 g/mol. The first-order valence-electron chi connectivity index (χ1n) is 7.69. The molecular formula is C18H17N5O2. The summed E-state index contributed by atoms with van der Waals surface area (Å²) >= 11 is 0. The van der Waals surface area contributed by atoms with Gasteiger partial charge in [0.15, 0.2) is 0 Å². The molecule has 0 spiro atoms. The maximum Gasteiger partial charge on any atom is 0.271 e. The second kappa shape index (κ2) is 6.96. The highest BCUT2D eigenvalue weighted by Gasteiger charge is 2.10. The van der Waals surface area contributed by atoms with Crippen LogP contribution in [0.3, 0.4) is 0 Å². The summed E-state index contributed by atoms with van der Waals surface area (Å²) in [6, 6.07) is 12.2. The Morgan fingerprint density at radius 3 is 2.20 bits per heavy atom. The van der Waals surface area contributed by atoms with Gasteiger partial charge < -0.3 is 0 Å². The fourth-order valence-corrected chi connectivity index (χ4v) is 2.40. The maximum absolute atomic E-state index is 12.1. The lowest BCUT2D eigenvalue weighted by Crippen LogP contribution is -2.41. The number of hydrogen-bond acceptors (Lipinski definition) is 4. The Balaban J connectivity index is 1.65. The third kappa shape index (κ3) is 3.72. The lowest BCUT2D eigenvalue weighted by atomic mass is 10.2. The van der Waals surface area contributed by atoms with E-state index in [4.69, 9.17) is 0 Å². The van der Waals surface area contributed by atoms with Gasteiger partial charge in [-0.25, -0.2) is 4.68 Å². The van der Waals surface area contributed by atoms with Crippen LogP contribution in [-0.2, 0) is 0 Å². The molecule has 1 aromatic carbocycles. The highest BCUT2D eigenvalue weighted by atomic mass is 16.2. The van der Waals surface area contributed by atoms with Crippen molar-refractivity contribution in [3.8, 4) is 5.69 Å². The van der Waals surface area contributed by atoms with Crippen LogP contribution in [-0.4, -0.2) is 26.6 Å². The molecule has 0 aliphatic heterocycles. The molecule has 0 aliphatic rings. The molecule has 0 bridgehead atoms. The Morgan fingerprint density at radius 2 is 1.64 bits per heavy atom. The number of nitrogens with zero attached hydrogens (tertiary/aromatic N) is 3. The van der Waals surface area contributed by atoms with Crippen molar-refractivity contribution in [2.75, 3.05) is 0 Å². The van der Waals surface area contributed by atoms with Gasteiger partial charge in [0.25, 0.3) is 11.8 Å². The van der Waals surface area contributed by atoms with Crippen molar-refractivity contribution < 1.29 is 9.59 Å². The molecule has 0 fully saturated rings. The molecule has 7 heteroatoms. The van der Waals surface area contributed by atoms with Gasteiger partial charge in [0.05, 0.1) is 16.9 Å². The minimum absolute atomic E-state index is 0.364. The summed E-state index contributed by atoms with van der Waals surface area (Å²) in [4.78, 5) is 27.9. The van der Waals surface area contributed by atoms with Gasteiger partial charge in [0, 0.05) is 23.7 Å². The minimum atomic E-state index is -0.430. The highest BCUT2D eigenvalue weighted by Crippen LogP contribution is 2.13. The number of aryl methyl sites for hydroxylation is 2. The molecule has 0 radical (unpaired) electrons. The van der Waals surface area contributed by atoms with Gasteiger partial charge in [0.2, 0.25) is 0 Å². The molecule has 126 valence electrons. The van der Waals surface area contributed by atoms with Gasteiger partial charge in [-0.05, 0) is 56.3 Å². The van der Waals surface area contributed by atoms with Crippen LogP contribution in [0.4, 0.5) is 0 Å². The number of amides is 2. The molecule has 0 unspecified atom stereocenters. The van der Waals surface area contributed by atoms with Crippen LogP contribution in [0.5, 0.6) is 0 Å². The molecule has 2 amide bonds. The van der Waals surface area contributed by atoms with Crippen LogP contribution >= 0.6 is 0 Å². The highest BCUT2D eigenvalue weighted by molar-refractivity contribution is 5.98. The normalized spacial score (nSPS) is 10.3. The van der Waals surface area contributed by atoms with Gasteiger partial charge in [-0.15, -0.1) is 0 Å². The number of hydrogen-bond donors (Lipinski definition) is 2. The number of carbonyl (C=O) groups is 2. The molecule has 0 saturated carbocycles. The Morgan fingerprint density at radius 1 is 0.960 bits per heavy atom. The van der Waals surface area contributed by atoms with Crippen LogP contribution in [0.2, 0.25) is 0 Å². The standard InChI is InChI=1S/C18H17N5O2/c1-12-10-13(2)23(22-12)16-7-5-14(6-8-16)17(24)20-21-18(25)15-4-3-9-19-11-15/h3-11H,1-2H3,(H,20,24)(H,21,25). The molecule has 3 aromatic rings. The first-order valence-corrected chi connectivity index (χ1v) is 7.69. The second-order valence-corrected chi connectivity index (χ2v) is 5.54. The molecule has 2 aromatic heterocycles. The van der Waals surface area contributed by atoms with Gasteiger partial charge in [-0.1, -0.05) is 0 Å². The van der Waals surface area contributed by atoms with Gasteiger partial charge in [-0.2, -0.15) is 5.10 Å². The van der Waals surface area contributed by atoms with Crippen molar-refractivity contribution >= 4 is 11.8 Å². The molecule has 0 atom stereocenters. The first-order chi connectivity index (χ1) is 12.0. The molecular weight excluding hydrogens is 318 g/mol. The molecule has 0 aliphatic carbocycles. The summed E-state index contributed by atoms with van der Waals surface area (Å²) < 4.78 is 1.81. The number of nitrogens with one attached hydrogen (secondary N) is 2. The predicted molar refractivity (Wildman–Crippen MR) is 92.2 cm³/mol. The van der Waals surface area contributed by atoms with E-state index in [9.17, 15) is 9.59 Å². The van der Waals surface area contributed by atoms with Gasteiger partial charge in [0.1, 0.15) is 0 Å². The Hall–Kier alpha value is -3.48. The topological polar surface area (TPSA) is 88.9 Å². The van der Waals surface area contributed by atoms with E-state index in [1.165, 1.54) is 6.20 Å². The van der Waals surface area contributed by atoms with Crippen molar-refractivity contribution in [1.82, 2.24) is 25.6 Å². The minimum Gasteiger partial charge on any atom is -0.267 e. The molecule has 2 N–H and O–H groups in total. The number of hydrazine groups is 1. The van der Waals surface area contributed by atoms with Crippen LogP contribution in [0.25, 0.3) is 5.69 Å². The van der Waals surface area contributed by atoms with Gasteiger partial charge in [-0.3, -0.25) is 25.4 Å². The number of pyridine rings is 1. The summed E-state index contributed by atoms with van der Waals surface area (Å²) in [7, 11) is 0. The number of benzene rings is 1. The summed E-state index contributed by atoms with van der Waals surface area (Å²) in [5.41, 5.74) is 8.34. The van der Waals surface area contributed by atoms with Crippen molar-refractivity contribution in [3.05, 3.63) is 77.4 Å². The fraction of sp³-hybridized carbons (Fsp3) is 0.111. The van der Waals surface area contributed by atoms with E-state index in [0.717, 1.165) is 17.1 Å². The summed E-state index contributed by atoms with van der Waals surface area (Å²) in [6.45, 7) is 3.89. The van der Waals surface area contributed by atoms with Crippen molar-refractivity contribution in [3.63, 3.8) is 0 Å². The van der Waals surface area contributed by atoms with E-state index in [-0.39, 0.29) is 0 Å². The number of carbonyl (C=O) groups excluding carboxylic acids is 2. The van der Waals surface area contributed by atoms with Crippen molar-refractivity contribution in [2.45, 2.75) is 13.8 Å². The van der Waals surface area contributed by atoms with E-state index in [1.54, 1.807) is 47.3 Å². The quantitative estimate of drug-likeness (QED) is 0.716. The Bertz CT molecular complexity index is 901. The molecule has 3 rings (SSSR count). The predicted octanol–water partition coefficient (Wildman–Crippen LogP) is 1.96. The van der Waals surface area contributed by atoms with Crippen molar-refractivity contribution in [1.29, 1.82) is 0 Å². The van der Waals surface area contributed by atoms with Gasteiger partial charge >= 0.3 is 0 Å². The lowest BCUT2D eigenvalue weighted by Gasteiger charge is -2.08. The zero-order valence-corrected chi connectivity index (χ0v) is 13.9. The molecule has 25 heavy (non-hydrogen) atoms. The van der Waals surface area contributed by atoms with E-state index in [0.29, 0.717) is 11.1 Å². The van der Waals surface area contributed by atoms with Crippen LogP contribution < -0.4 is 10.9 Å². The zero-order valence-electron chi connectivity index (χ0n) is 13.9. The molecule has 7 nitrogen and oxygen atoms in total. The van der Waals surface area contributed by atoms with E-state index in [1.807, 2.05) is 19.9 Å². The Kier molecular flexibility index (Phi) is 4.56. The summed E-state index contributed by atoms with van der Waals surface area (Å²) in [6.07, 6.45) is 2.99. The lowest BCUT2D eigenvalue weighted by molar-refractivity contribution is 0.0846. The number of aromatic nitrogens is 3. The first kappa shape index (κ1) is 16.4. The SMILES string of the molecule is Cc1cc(C)n(-c2ccc(C(=O)NNC(=O)c3cccnc3)cc2)n1. The summed E-state index contributed by atoms with van der Waals surface area (Å²) in [5.74, 6) is -0.835. The second-order valence-electron chi connectivity index (χ2n) is 5.54. The summed E-state index contributed by atoms with van der Waals surface area (Å²) in [5, 5.41) is 4.40. The van der Waals surface area contributed by atoms with Crippen LogP contribution in [0, 0.1) is 13.8 Å². The van der Waals surface area contributed by atoms with E-state index < -0.39 is 11.8 Å². The monoisotopic (exact) mass is 335 g/mol. The third-order valence-electron chi connectivity index (χ3n) is 3.60. The molecule has 2 heterocycles. The van der Waals surface area contributed by atoms with E-state index >= 15 is 0 Å². The zero-order chi connectivity index (χ0) is 17.8. The van der Waals surface area contributed by atoms with Crippen molar-refractivity contribution in [2.24, 2.45) is 0 Å². The maximum atomic E-state index is 12.1. The average Bonchev–Trinajstić information content (AvgIpc) is 2.98. The van der Waals surface area contributed by atoms with E-state index in [2.05, 4.69) is 20.9 Å². The molecule has 0 saturated heterocycles. The smallest absolute Gasteiger partial charge is 0.267 e.